The normalized spacial score (nSPS) is 12.3. The van der Waals surface area contributed by atoms with Crippen molar-refractivity contribution in [1.82, 2.24) is 5.32 Å². The Hall–Kier alpha value is -1.32. The number of likely N-dealkylation sites (N-methyl/N-ethyl adjacent to an activating group) is 1. The third kappa shape index (κ3) is 5.18. The molecule has 1 unspecified atom stereocenters. The molecular formula is C18H25NOS. The van der Waals surface area contributed by atoms with Gasteiger partial charge < -0.3 is 10.1 Å². The van der Waals surface area contributed by atoms with Crippen molar-refractivity contribution in [3.05, 3.63) is 52.2 Å². The summed E-state index contributed by atoms with van der Waals surface area (Å²) in [7, 11) is 0. The zero-order chi connectivity index (χ0) is 14.9. The molecule has 114 valence electrons. The van der Waals surface area contributed by atoms with E-state index in [9.17, 15) is 0 Å². The lowest BCUT2D eigenvalue weighted by Crippen LogP contribution is -2.22. The first-order chi connectivity index (χ1) is 10.3. The van der Waals surface area contributed by atoms with Gasteiger partial charge in [0, 0.05) is 17.3 Å². The van der Waals surface area contributed by atoms with Crippen molar-refractivity contribution in [3.63, 3.8) is 0 Å². The van der Waals surface area contributed by atoms with Crippen molar-refractivity contribution in [2.75, 3.05) is 13.2 Å². The van der Waals surface area contributed by atoms with Gasteiger partial charge in [0.25, 0.3) is 0 Å². The summed E-state index contributed by atoms with van der Waals surface area (Å²) in [4.78, 5) is 1.42. The van der Waals surface area contributed by atoms with Gasteiger partial charge in [-0.15, -0.1) is 11.3 Å². The van der Waals surface area contributed by atoms with E-state index in [1.54, 1.807) is 0 Å². The van der Waals surface area contributed by atoms with E-state index in [-0.39, 0.29) is 0 Å². The van der Waals surface area contributed by atoms with Gasteiger partial charge >= 0.3 is 0 Å². The van der Waals surface area contributed by atoms with Crippen molar-refractivity contribution >= 4 is 11.3 Å². The van der Waals surface area contributed by atoms with Crippen molar-refractivity contribution in [2.24, 2.45) is 0 Å². The molecule has 0 aliphatic rings. The number of hydrogen-bond donors (Lipinski definition) is 1. The van der Waals surface area contributed by atoms with Crippen LogP contribution in [0.3, 0.4) is 0 Å². The molecule has 2 nitrogen and oxygen atoms in total. The molecule has 1 aromatic heterocycles. The molecule has 2 rings (SSSR count). The van der Waals surface area contributed by atoms with Crippen LogP contribution in [-0.4, -0.2) is 13.2 Å². The van der Waals surface area contributed by atoms with E-state index in [1.165, 1.54) is 16.9 Å². The molecule has 0 aliphatic carbocycles. The lowest BCUT2D eigenvalue weighted by Gasteiger charge is -2.18. The second kappa shape index (κ2) is 8.85. The smallest absolute Gasteiger partial charge is 0.119 e. The quantitative estimate of drug-likeness (QED) is 0.671. The third-order valence-corrected chi connectivity index (χ3v) is 4.38. The Balaban J connectivity index is 1.99. The monoisotopic (exact) mass is 303 g/mol. The number of nitrogens with one attached hydrogen (secondary N) is 1. The molecule has 1 atom stereocenters. The predicted octanol–water partition coefficient (Wildman–Crippen LogP) is 4.82. The minimum atomic E-state index is 0.373. The van der Waals surface area contributed by atoms with Crippen LogP contribution >= 0.6 is 11.3 Å². The number of unbranched alkanes of at least 4 members (excludes halogenated alkanes) is 1. The van der Waals surface area contributed by atoms with Crippen molar-refractivity contribution in [3.8, 4) is 5.75 Å². The fourth-order valence-electron chi connectivity index (χ4n) is 2.31. The second-order valence-corrected chi connectivity index (χ2v) is 6.20. The first-order valence-corrected chi connectivity index (χ1v) is 8.70. The van der Waals surface area contributed by atoms with Crippen LogP contribution in [0.1, 0.15) is 43.2 Å². The highest BCUT2D eigenvalue weighted by Gasteiger charge is 2.11. The van der Waals surface area contributed by atoms with Gasteiger partial charge in [-0.2, -0.15) is 0 Å². The summed E-state index contributed by atoms with van der Waals surface area (Å²) in [5, 5.41) is 5.72. The first-order valence-electron chi connectivity index (χ1n) is 7.82. The van der Waals surface area contributed by atoms with Gasteiger partial charge in [-0.3, -0.25) is 0 Å². The van der Waals surface area contributed by atoms with Crippen LogP contribution in [0, 0.1) is 0 Å². The molecule has 0 amide bonds. The van der Waals surface area contributed by atoms with Crippen LogP contribution in [0.15, 0.2) is 41.8 Å². The second-order valence-electron chi connectivity index (χ2n) is 5.16. The predicted molar refractivity (Wildman–Crippen MR) is 91.3 cm³/mol. The Bertz CT molecular complexity index is 492. The number of thiophene rings is 1. The molecule has 0 spiro atoms. The Morgan fingerprint density at radius 1 is 1.14 bits per heavy atom. The van der Waals surface area contributed by atoms with Crippen LogP contribution in [-0.2, 0) is 6.42 Å². The Morgan fingerprint density at radius 3 is 2.57 bits per heavy atom. The van der Waals surface area contributed by atoms with Crippen LogP contribution in [0.5, 0.6) is 5.75 Å². The highest BCUT2D eigenvalue weighted by Crippen LogP contribution is 2.23. The summed E-state index contributed by atoms with van der Waals surface area (Å²) in [6.07, 6.45) is 3.32. The van der Waals surface area contributed by atoms with E-state index in [1.807, 2.05) is 11.3 Å². The molecule has 0 fully saturated rings. The summed E-state index contributed by atoms with van der Waals surface area (Å²) in [5.41, 5.74) is 1.33. The molecule has 21 heavy (non-hydrogen) atoms. The topological polar surface area (TPSA) is 21.3 Å². The van der Waals surface area contributed by atoms with E-state index >= 15 is 0 Å². The number of rotatable bonds is 9. The maximum absolute atomic E-state index is 5.73. The maximum atomic E-state index is 5.73. The van der Waals surface area contributed by atoms with Gasteiger partial charge in [0.15, 0.2) is 0 Å². The zero-order valence-corrected chi connectivity index (χ0v) is 13.8. The van der Waals surface area contributed by atoms with Gasteiger partial charge in [0.05, 0.1) is 6.61 Å². The van der Waals surface area contributed by atoms with Gasteiger partial charge in [0.2, 0.25) is 0 Å². The number of ether oxygens (including phenoxy) is 1. The van der Waals surface area contributed by atoms with Crippen molar-refractivity contribution < 1.29 is 4.74 Å². The molecule has 1 heterocycles. The molecule has 1 aromatic carbocycles. The highest BCUT2D eigenvalue weighted by molar-refractivity contribution is 7.09. The van der Waals surface area contributed by atoms with Gasteiger partial charge in [-0.1, -0.05) is 38.5 Å². The van der Waals surface area contributed by atoms with Crippen molar-refractivity contribution in [2.45, 2.75) is 39.2 Å². The molecule has 0 aliphatic heterocycles. The molecular weight excluding hydrogens is 278 g/mol. The molecule has 0 saturated heterocycles. The molecule has 0 bridgehead atoms. The number of hydrogen-bond acceptors (Lipinski definition) is 3. The third-order valence-electron chi connectivity index (χ3n) is 3.49. The Kier molecular flexibility index (Phi) is 6.77. The SMILES string of the molecule is CCCCOc1ccc(C(Cc2cccs2)NCC)cc1. The molecule has 3 heteroatoms. The van der Waals surface area contributed by atoms with Crippen LogP contribution in [0.4, 0.5) is 0 Å². The summed E-state index contributed by atoms with van der Waals surface area (Å²) in [6, 6.07) is 13.2. The fraction of sp³-hybridized carbons (Fsp3) is 0.444. The van der Waals surface area contributed by atoms with E-state index in [0.717, 1.165) is 31.7 Å². The summed E-state index contributed by atoms with van der Waals surface area (Å²) < 4.78 is 5.73. The van der Waals surface area contributed by atoms with Gasteiger partial charge in [0.1, 0.15) is 5.75 Å². The Morgan fingerprint density at radius 2 is 1.95 bits per heavy atom. The first kappa shape index (κ1) is 16.1. The van der Waals surface area contributed by atoms with Crippen LogP contribution in [0.2, 0.25) is 0 Å². The lowest BCUT2D eigenvalue weighted by atomic mass is 10.0. The minimum absolute atomic E-state index is 0.373. The Labute approximate surface area is 132 Å². The molecule has 0 radical (unpaired) electrons. The highest BCUT2D eigenvalue weighted by atomic mass is 32.1. The standard InChI is InChI=1S/C18H25NOS/c1-3-5-12-20-16-10-8-15(9-11-16)18(19-4-2)14-17-7-6-13-21-17/h6-11,13,18-19H,3-5,12,14H2,1-2H3. The molecule has 1 N–H and O–H groups in total. The van der Waals surface area contributed by atoms with E-state index in [2.05, 4.69) is 60.9 Å². The van der Waals surface area contributed by atoms with Crippen molar-refractivity contribution in [1.29, 1.82) is 0 Å². The largest absolute Gasteiger partial charge is 0.494 e. The lowest BCUT2D eigenvalue weighted by molar-refractivity contribution is 0.309. The van der Waals surface area contributed by atoms with Crippen LogP contribution < -0.4 is 10.1 Å². The van der Waals surface area contributed by atoms with E-state index < -0.39 is 0 Å². The summed E-state index contributed by atoms with van der Waals surface area (Å²) in [5.74, 6) is 0.971. The summed E-state index contributed by atoms with van der Waals surface area (Å²) in [6.45, 7) is 6.12. The van der Waals surface area contributed by atoms with E-state index in [4.69, 9.17) is 4.74 Å². The average Bonchev–Trinajstić information content (AvgIpc) is 3.01. The number of benzene rings is 1. The molecule has 2 aromatic rings. The van der Waals surface area contributed by atoms with Gasteiger partial charge in [-0.05, 0) is 42.1 Å². The zero-order valence-electron chi connectivity index (χ0n) is 13.0. The average molecular weight is 303 g/mol. The van der Waals surface area contributed by atoms with Crippen LogP contribution in [0.25, 0.3) is 0 Å². The molecule has 0 saturated carbocycles. The minimum Gasteiger partial charge on any atom is -0.494 e. The fourth-order valence-corrected chi connectivity index (χ4v) is 3.07. The van der Waals surface area contributed by atoms with Gasteiger partial charge in [-0.25, -0.2) is 0 Å². The summed E-state index contributed by atoms with van der Waals surface area (Å²) >= 11 is 1.82. The van der Waals surface area contributed by atoms with E-state index in [0.29, 0.717) is 6.04 Å². The maximum Gasteiger partial charge on any atom is 0.119 e.